The normalized spacial score (nSPS) is 22.1. The molecule has 2 aromatic heterocycles. The number of hydrogen-bond acceptors (Lipinski definition) is 6. The zero-order valence-electron chi connectivity index (χ0n) is 16.7. The van der Waals surface area contributed by atoms with Crippen LogP contribution in [0.15, 0.2) is 36.5 Å². The number of benzene rings is 2. The Morgan fingerprint density at radius 3 is 2.83 bits per heavy atom. The molecule has 2 aromatic carbocycles. The van der Waals surface area contributed by atoms with Crippen LogP contribution in [0, 0.1) is 12.7 Å². The third kappa shape index (κ3) is 2.96. The van der Waals surface area contributed by atoms with E-state index in [1.807, 2.05) is 32.3 Å². The highest BCUT2D eigenvalue weighted by Gasteiger charge is 2.40. The van der Waals surface area contributed by atoms with Gasteiger partial charge in [-0.15, -0.1) is 10.2 Å². The Labute approximate surface area is 172 Å². The van der Waals surface area contributed by atoms with Crippen LogP contribution < -0.4 is 5.32 Å². The highest BCUT2D eigenvalue weighted by Crippen LogP contribution is 2.34. The molecule has 2 unspecified atom stereocenters. The van der Waals surface area contributed by atoms with Crippen molar-refractivity contribution in [1.82, 2.24) is 25.3 Å². The smallest absolute Gasteiger partial charge is 0.133 e. The third-order valence-electron chi connectivity index (χ3n) is 5.94. The van der Waals surface area contributed by atoms with E-state index in [1.165, 1.54) is 6.07 Å². The largest absolute Gasteiger partial charge is 0.388 e. The van der Waals surface area contributed by atoms with Gasteiger partial charge in [-0.2, -0.15) is 5.10 Å². The van der Waals surface area contributed by atoms with Crippen molar-refractivity contribution in [3.05, 3.63) is 53.5 Å². The van der Waals surface area contributed by atoms with Crippen LogP contribution in [0.3, 0.4) is 0 Å². The molecule has 1 fully saturated rings. The summed E-state index contributed by atoms with van der Waals surface area (Å²) >= 11 is 0. The van der Waals surface area contributed by atoms with Crippen LogP contribution in [-0.4, -0.2) is 49.4 Å². The molecule has 30 heavy (non-hydrogen) atoms. The number of halogens is 1. The van der Waals surface area contributed by atoms with Gasteiger partial charge >= 0.3 is 0 Å². The number of nitrogens with zero attached hydrogens (tertiary/aromatic N) is 4. The maximum absolute atomic E-state index is 15.0. The van der Waals surface area contributed by atoms with Gasteiger partial charge in [0.05, 0.1) is 22.8 Å². The van der Waals surface area contributed by atoms with Gasteiger partial charge in [0.2, 0.25) is 0 Å². The molecule has 3 N–H and O–H groups in total. The fourth-order valence-electron chi connectivity index (χ4n) is 4.26. The molecule has 8 heteroatoms. The van der Waals surface area contributed by atoms with Gasteiger partial charge in [-0.05, 0) is 61.3 Å². The van der Waals surface area contributed by atoms with Crippen molar-refractivity contribution in [2.75, 3.05) is 13.1 Å². The lowest BCUT2D eigenvalue weighted by Gasteiger charge is -2.37. The number of hydrogen-bond donors (Lipinski definition) is 3. The molecule has 5 rings (SSSR count). The number of fused-ring (bicyclic) bond motifs is 2. The molecular formula is C22H22FN5O2. The number of aliphatic hydroxyl groups excluding tert-OH is 1. The van der Waals surface area contributed by atoms with Crippen molar-refractivity contribution in [1.29, 1.82) is 0 Å². The van der Waals surface area contributed by atoms with Crippen LogP contribution in [0.2, 0.25) is 0 Å². The molecule has 0 aliphatic carbocycles. The molecule has 3 heterocycles. The Morgan fingerprint density at radius 2 is 2.03 bits per heavy atom. The predicted octanol–water partition coefficient (Wildman–Crippen LogP) is 2.17. The molecule has 7 nitrogen and oxygen atoms in total. The molecule has 4 aromatic rings. The van der Waals surface area contributed by atoms with Gasteiger partial charge in [0.1, 0.15) is 11.4 Å². The number of piperidine rings is 1. The second-order valence-electron chi connectivity index (χ2n) is 8.05. The maximum atomic E-state index is 15.0. The number of rotatable bonds is 2. The molecule has 1 saturated heterocycles. The molecule has 0 bridgehead atoms. The summed E-state index contributed by atoms with van der Waals surface area (Å²) < 4.78 is 16.8. The van der Waals surface area contributed by atoms with Crippen molar-refractivity contribution < 1.29 is 14.6 Å². The fraction of sp³-hybridized carbons (Fsp3) is 0.318. The predicted molar refractivity (Wildman–Crippen MR) is 111 cm³/mol. The summed E-state index contributed by atoms with van der Waals surface area (Å²) in [5, 5.41) is 38.5. The Balaban J connectivity index is 1.61. The minimum atomic E-state index is -1.51. The monoisotopic (exact) mass is 407 g/mol. The summed E-state index contributed by atoms with van der Waals surface area (Å²) in [6.07, 6.45) is 1.19. The fourth-order valence-corrected chi connectivity index (χ4v) is 4.26. The maximum Gasteiger partial charge on any atom is 0.133 e. The minimum absolute atomic E-state index is 0.247. The highest BCUT2D eigenvalue weighted by atomic mass is 19.1. The van der Waals surface area contributed by atoms with Crippen molar-refractivity contribution >= 4 is 21.8 Å². The lowest BCUT2D eigenvalue weighted by molar-refractivity contribution is -0.0977. The highest BCUT2D eigenvalue weighted by molar-refractivity contribution is 5.89. The first kappa shape index (κ1) is 19.0. The Hall–Kier alpha value is -2.94. The first-order chi connectivity index (χ1) is 14.3. The molecule has 0 amide bonds. The van der Waals surface area contributed by atoms with E-state index in [1.54, 1.807) is 16.8 Å². The summed E-state index contributed by atoms with van der Waals surface area (Å²) in [6.45, 7) is 2.76. The van der Waals surface area contributed by atoms with Gasteiger partial charge in [-0.3, -0.25) is 4.68 Å². The van der Waals surface area contributed by atoms with E-state index < -0.39 is 17.5 Å². The quantitative estimate of drug-likeness (QED) is 0.471. The van der Waals surface area contributed by atoms with Crippen LogP contribution in [-0.2, 0) is 12.6 Å². The second-order valence-corrected chi connectivity index (χ2v) is 8.05. The molecule has 1 aliphatic rings. The number of nitrogens with one attached hydrogen (secondary N) is 1. The summed E-state index contributed by atoms with van der Waals surface area (Å²) in [5.41, 5.74) is 2.45. The lowest BCUT2D eigenvalue weighted by atomic mass is 9.82. The van der Waals surface area contributed by atoms with Gasteiger partial charge < -0.3 is 15.5 Å². The van der Waals surface area contributed by atoms with Crippen molar-refractivity contribution in [3.63, 3.8) is 0 Å². The van der Waals surface area contributed by atoms with Crippen LogP contribution in [0.4, 0.5) is 4.39 Å². The summed E-state index contributed by atoms with van der Waals surface area (Å²) in [4.78, 5) is 0. The lowest BCUT2D eigenvalue weighted by Crippen LogP contribution is -2.51. The van der Waals surface area contributed by atoms with Crippen LogP contribution in [0.25, 0.3) is 33.1 Å². The molecular weight excluding hydrogens is 385 g/mol. The van der Waals surface area contributed by atoms with Gasteiger partial charge in [-0.1, -0.05) is 0 Å². The van der Waals surface area contributed by atoms with E-state index in [0.717, 1.165) is 22.0 Å². The van der Waals surface area contributed by atoms with Crippen LogP contribution in [0.1, 0.15) is 17.5 Å². The molecule has 0 saturated carbocycles. The molecule has 2 atom stereocenters. The van der Waals surface area contributed by atoms with E-state index in [2.05, 4.69) is 20.6 Å². The number of β-amino-alcohol motifs (C(OH)–C–C–N with tert-alkyl or cyclic N) is 1. The van der Waals surface area contributed by atoms with Crippen molar-refractivity contribution in [3.8, 4) is 11.3 Å². The molecule has 154 valence electrons. The zero-order chi connectivity index (χ0) is 21.0. The van der Waals surface area contributed by atoms with E-state index in [4.69, 9.17) is 0 Å². The van der Waals surface area contributed by atoms with Gasteiger partial charge in [0.15, 0.2) is 0 Å². The molecule has 0 spiro atoms. The molecule has 1 aliphatic heterocycles. The molecule has 0 radical (unpaired) electrons. The van der Waals surface area contributed by atoms with Crippen molar-refractivity contribution in [2.24, 2.45) is 7.05 Å². The average Bonchev–Trinajstić information content (AvgIpc) is 3.11. The standard InChI is InChI=1S/C22H22FN5O2/c1-12-5-13(6-14-11-28(2)27-21(12)14)18-9-16-17(23)7-15(8-19(16)26-25-18)22(30)3-4-24-10-20(22)29/h5-9,11,20,24,29-30H,3-4,10H2,1-2H3. The van der Waals surface area contributed by atoms with E-state index in [9.17, 15) is 10.2 Å². The Kier molecular flexibility index (Phi) is 4.32. The topological polar surface area (TPSA) is 96.1 Å². The SMILES string of the molecule is Cc1cc(-c2cc3c(F)cc(C4(O)CCNCC4O)cc3nn2)cc2cn(C)nc12. The summed E-state index contributed by atoms with van der Waals surface area (Å²) in [7, 11) is 1.87. The van der Waals surface area contributed by atoms with Crippen LogP contribution in [0.5, 0.6) is 0 Å². The number of aliphatic hydroxyl groups is 2. The van der Waals surface area contributed by atoms with Gasteiger partial charge in [0.25, 0.3) is 0 Å². The summed E-state index contributed by atoms with van der Waals surface area (Å²) in [6, 6.07) is 8.50. The van der Waals surface area contributed by atoms with Gasteiger partial charge in [0, 0.05) is 36.1 Å². The third-order valence-corrected chi connectivity index (χ3v) is 5.94. The van der Waals surface area contributed by atoms with E-state index in [-0.39, 0.29) is 13.0 Å². The number of aromatic nitrogens is 4. The second kappa shape index (κ2) is 6.80. The van der Waals surface area contributed by atoms with Crippen LogP contribution >= 0.6 is 0 Å². The summed E-state index contributed by atoms with van der Waals surface area (Å²) in [5.74, 6) is -0.503. The average molecular weight is 407 g/mol. The van der Waals surface area contributed by atoms with Gasteiger partial charge in [-0.25, -0.2) is 4.39 Å². The first-order valence-corrected chi connectivity index (χ1v) is 9.88. The first-order valence-electron chi connectivity index (χ1n) is 9.88. The van der Waals surface area contributed by atoms with E-state index >= 15 is 4.39 Å². The van der Waals surface area contributed by atoms with Crippen molar-refractivity contribution in [2.45, 2.75) is 25.0 Å². The van der Waals surface area contributed by atoms with E-state index in [0.29, 0.717) is 28.7 Å². The Morgan fingerprint density at radius 1 is 1.20 bits per heavy atom. The zero-order valence-corrected chi connectivity index (χ0v) is 16.7. The Bertz CT molecular complexity index is 1290. The minimum Gasteiger partial charge on any atom is -0.388 e. The number of aryl methyl sites for hydroxylation is 2.